The Morgan fingerprint density at radius 2 is 1.95 bits per heavy atom. The number of ether oxygens (including phenoxy) is 1. The summed E-state index contributed by atoms with van der Waals surface area (Å²) in [5.41, 5.74) is 1.83. The van der Waals surface area contributed by atoms with E-state index in [4.69, 9.17) is 9.15 Å². The summed E-state index contributed by atoms with van der Waals surface area (Å²) in [7, 11) is 0. The van der Waals surface area contributed by atoms with Gasteiger partial charge < -0.3 is 14.5 Å². The highest BCUT2D eigenvalue weighted by Gasteiger charge is 2.21. The third kappa shape index (κ3) is 2.61. The molecule has 0 saturated heterocycles. The first-order valence-corrected chi connectivity index (χ1v) is 7.61. The van der Waals surface area contributed by atoms with Crippen LogP contribution in [0.1, 0.15) is 19.8 Å². The number of fused-ring (bicyclic) bond motifs is 3. The van der Waals surface area contributed by atoms with Crippen LogP contribution in [0.5, 0.6) is 5.75 Å². The average Bonchev–Trinajstić information content (AvgIpc) is 3.25. The van der Waals surface area contributed by atoms with Crippen LogP contribution in [0.15, 0.2) is 46.9 Å². The zero-order valence-electron chi connectivity index (χ0n) is 12.1. The normalized spacial score (nSPS) is 16.4. The van der Waals surface area contributed by atoms with Gasteiger partial charge >= 0.3 is 0 Å². The van der Waals surface area contributed by atoms with Gasteiger partial charge in [-0.2, -0.15) is 0 Å². The zero-order valence-corrected chi connectivity index (χ0v) is 12.1. The van der Waals surface area contributed by atoms with Crippen LogP contribution in [0.2, 0.25) is 0 Å². The molecule has 1 aliphatic rings. The topological polar surface area (TPSA) is 34.4 Å². The van der Waals surface area contributed by atoms with Crippen LogP contribution in [0.25, 0.3) is 21.9 Å². The largest absolute Gasteiger partial charge is 0.489 e. The van der Waals surface area contributed by atoms with E-state index in [2.05, 4.69) is 24.4 Å². The van der Waals surface area contributed by atoms with Crippen molar-refractivity contribution in [2.24, 2.45) is 0 Å². The molecule has 0 spiro atoms. The predicted octanol–water partition coefficient (Wildman–Crippen LogP) is 4.11. The molecule has 3 nitrogen and oxygen atoms in total. The van der Waals surface area contributed by atoms with Crippen LogP contribution in [-0.4, -0.2) is 18.7 Å². The molecule has 108 valence electrons. The van der Waals surface area contributed by atoms with Crippen LogP contribution in [0.4, 0.5) is 0 Å². The van der Waals surface area contributed by atoms with Crippen molar-refractivity contribution in [2.45, 2.75) is 31.9 Å². The Labute approximate surface area is 123 Å². The van der Waals surface area contributed by atoms with Gasteiger partial charge in [0.15, 0.2) is 0 Å². The summed E-state index contributed by atoms with van der Waals surface area (Å²) in [6.45, 7) is 3.00. The first kappa shape index (κ1) is 12.7. The molecule has 4 rings (SSSR count). The summed E-state index contributed by atoms with van der Waals surface area (Å²) in [5.74, 6) is 0.902. The second-order valence-corrected chi connectivity index (χ2v) is 5.87. The summed E-state index contributed by atoms with van der Waals surface area (Å²) in [6, 6.07) is 14.9. The minimum atomic E-state index is 0.168. The lowest BCUT2D eigenvalue weighted by atomic mass is 10.1. The van der Waals surface area contributed by atoms with E-state index >= 15 is 0 Å². The van der Waals surface area contributed by atoms with Crippen molar-refractivity contribution in [2.75, 3.05) is 6.54 Å². The van der Waals surface area contributed by atoms with Crippen LogP contribution >= 0.6 is 0 Å². The molecule has 21 heavy (non-hydrogen) atoms. The van der Waals surface area contributed by atoms with Gasteiger partial charge in [0.25, 0.3) is 0 Å². The Kier molecular flexibility index (Phi) is 3.08. The number of furan rings is 1. The van der Waals surface area contributed by atoms with Gasteiger partial charge in [0.2, 0.25) is 0 Å². The lowest BCUT2D eigenvalue weighted by Crippen LogP contribution is -2.30. The van der Waals surface area contributed by atoms with E-state index in [1.807, 2.05) is 30.3 Å². The van der Waals surface area contributed by atoms with E-state index in [-0.39, 0.29) is 6.10 Å². The molecule has 1 saturated carbocycles. The molecule has 1 aromatic heterocycles. The first-order valence-electron chi connectivity index (χ1n) is 7.61. The van der Waals surface area contributed by atoms with E-state index in [0.29, 0.717) is 0 Å². The minimum absolute atomic E-state index is 0.168. The molecule has 1 N–H and O–H groups in total. The lowest BCUT2D eigenvalue weighted by molar-refractivity contribution is 0.217. The molecule has 1 heterocycles. The first-order chi connectivity index (χ1) is 10.3. The summed E-state index contributed by atoms with van der Waals surface area (Å²) >= 11 is 0. The van der Waals surface area contributed by atoms with E-state index in [0.717, 1.165) is 40.3 Å². The third-order valence-corrected chi connectivity index (χ3v) is 3.96. The van der Waals surface area contributed by atoms with Crippen molar-refractivity contribution in [3.05, 3.63) is 42.5 Å². The van der Waals surface area contributed by atoms with E-state index in [1.54, 1.807) is 0 Å². The number of nitrogens with one attached hydrogen (secondary N) is 1. The van der Waals surface area contributed by atoms with Crippen molar-refractivity contribution in [3.63, 3.8) is 0 Å². The second kappa shape index (κ2) is 5.08. The molecular weight excluding hydrogens is 262 g/mol. The molecule has 3 aromatic rings. The fraction of sp³-hybridized carbons (Fsp3) is 0.333. The standard InChI is InChI=1S/C18H19NO2/c1-12(11-19-13-6-7-13)20-14-8-9-18-16(10-14)15-4-2-3-5-17(15)21-18/h2-5,8-10,12-13,19H,6-7,11H2,1H3. The quantitative estimate of drug-likeness (QED) is 0.764. The number of para-hydroxylation sites is 1. The van der Waals surface area contributed by atoms with Crippen molar-refractivity contribution >= 4 is 21.9 Å². The second-order valence-electron chi connectivity index (χ2n) is 5.87. The fourth-order valence-electron chi connectivity index (χ4n) is 2.67. The minimum Gasteiger partial charge on any atom is -0.489 e. The number of rotatable bonds is 5. The number of hydrogen-bond acceptors (Lipinski definition) is 3. The Morgan fingerprint density at radius 1 is 1.14 bits per heavy atom. The summed E-state index contributed by atoms with van der Waals surface area (Å²) < 4.78 is 11.8. The molecule has 0 aliphatic heterocycles. The van der Waals surface area contributed by atoms with Gasteiger partial charge in [-0.15, -0.1) is 0 Å². The molecule has 0 radical (unpaired) electrons. The summed E-state index contributed by atoms with van der Waals surface area (Å²) in [6.07, 6.45) is 2.78. The maximum absolute atomic E-state index is 6.01. The highest BCUT2D eigenvalue weighted by molar-refractivity contribution is 6.05. The molecular formula is C18H19NO2. The van der Waals surface area contributed by atoms with Gasteiger partial charge in [0.1, 0.15) is 23.0 Å². The summed E-state index contributed by atoms with van der Waals surface area (Å²) in [4.78, 5) is 0. The number of hydrogen-bond donors (Lipinski definition) is 1. The Hall–Kier alpha value is -2.00. The molecule has 1 fully saturated rings. The monoisotopic (exact) mass is 281 g/mol. The van der Waals surface area contributed by atoms with Crippen molar-refractivity contribution < 1.29 is 9.15 Å². The molecule has 2 aromatic carbocycles. The molecule has 1 atom stereocenters. The lowest BCUT2D eigenvalue weighted by Gasteiger charge is -2.15. The smallest absolute Gasteiger partial charge is 0.135 e. The zero-order chi connectivity index (χ0) is 14.2. The van der Waals surface area contributed by atoms with Gasteiger partial charge in [-0.1, -0.05) is 18.2 Å². The average molecular weight is 281 g/mol. The van der Waals surface area contributed by atoms with Crippen molar-refractivity contribution in [3.8, 4) is 5.75 Å². The molecule has 3 heteroatoms. The summed E-state index contributed by atoms with van der Waals surface area (Å²) in [5, 5.41) is 5.75. The van der Waals surface area contributed by atoms with Crippen LogP contribution in [-0.2, 0) is 0 Å². The Balaban J connectivity index is 1.58. The number of benzene rings is 2. The maximum atomic E-state index is 6.01. The van der Waals surface area contributed by atoms with E-state index in [1.165, 1.54) is 12.8 Å². The van der Waals surface area contributed by atoms with Crippen LogP contribution in [0, 0.1) is 0 Å². The van der Waals surface area contributed by atoms with Crippen molar-refractivity contribution in [1.29, 1.82) is 0 Å². The fourth-order valence-corrected chi connectivity index (χ4v) is 2.67. The van der Waals surface area contributed by atoms with E-state index < -0.39 is 0 Å². The molecule has 0 amide bonds. The van der Waals surface area contributed by atoms with E-state index in [9.17, 15) is 0 Å². The van der Waals surface area contributed by atoms with Gasteiger partial charge in [0.05, 0.1) is 0 Å². The van der Waals surface area contributed by atoms with Gasteiger partial charge in [-0.05, 0) is 44.0 Å². The van der Waals surface area contributed by atoms with Gasteiger partial charge in [-0.25, -0.2) is 0 Å². The molecule has 1 aliphatic carbocycles. The highest BCUT2D eigenvalue weighted by Crippen LogP contribution is 2.31. The van der Waals surface area contributed by atoms with Gasteiger partial charge in [-0.3, -0.25) is 0 Å². The van der Waals surface area contributed by atoms with Crippen LogP contribution < -0.4 is 10.1 Å². The maximum Gasteiger partial charge on any atom is 0.135 e. The van der Waals surface area contributed by atoms with Gasteiger partial charge in [0, 0.05) is 23.4 Å². The third-order valence-electron chi connectivity index (χ3n) is 3.96. The molecule has 0 bridgehead atoms. The SMILES string of the molecule is CC(CNC1CC1)Oc1ccc2oc3ccccc3c2c1. The Morgan fingerprint density at radius 3 is 2.81 bits per heavy atom. The highest BCUT2D eigenvalue weighted by atomic mass is 16.5. The van der Waals surface area contributed by atoms with Crippen molar-refractivity contribution in [1.82, 2.24) is 5.32 Å². The predicted molar refractivity (Wildman–Crippen MR) is 84.8 cm³/mol. The van der Waals surface area contributed by atoms with Crippen LogP contribution in [0.3, 0.4) is 0 Å². The Bertz CT molecular complexity index is 773. The molecule has 1 unspecified atom stereocenters.